The van der Waals surface area contributed by atoms with Crippen LogP contribution in [0.25, 0.3) is 0 Å². The molecule has 2 rings (SSSR count). The molecular weight excluding hydrogens is 160 g/mol. The van der Waals surface area contributed by atoms with Gasteiger partial charge in [-0.2, -0.15) is 0 Å². The van der Waals surface area contributed by atoms with E-state index in [1.807, 2.05) is 0 Å². The van der Waals surface area contributed by atoms with E-state index in [9.17, 15) is 0 Å². The maximum absolute atomic E-state index is 3.63. The highest BCUT2D eigenvalue weighted by Crippen LogP contribution is 2.53. The Morgan fingerprint density at radius 2 is 2.31 bits per heavy atom. The maximum Gasteiger partial charge on any atom is 0.00362 e. The van der Waals surface area contributed by atoms with E-state index < -0.39 is 0 Å². The number of nitrogens with one attached hydrogen (secondary N) is 2. The summed E-state index contributed by atoms with van der Waals surface area (Å²) >= 11 is 0. The summed E-state index contributed by atoms with van der Waals surface area (Å²) in [5, 5.41) is 7.16. The van der Waals surface area contributed by atoms with Crippen molar-refractivity contribution in [3.8, 4) is 0 Å². The minimum Gasteiger partial charge on any atom is -0.316 e. The number of hydrogen-bond donors (Lipinski definition) is 2. The summed E-state index contributed by atoms with van der Waals surface area (Å²) in [5.41, 5.74) is 0.723. The van der Waals surface area contributed by atoms with Gasteiger partial charge in [0.05, 0.1) is 0 Å². The fraction of sp³-hybridized carbons (Fsp3) is 1.00. The lowest BCUT2D eigenvalue weighted by Crippen LogP contribution is -2.34. The van der Waals surface area contributed by atoms with Gasteiger partial charge in [0.1, 0.15) is 0 Å². The smallest absolute Gasteiger partial charge is 0.00362 e. The Kier molecular flexibility index (Phi) is 2.61. The van der Waals surface area contributed by atoms with Crippen LogP contribution in [0.15, 0.2) is 0 Å². The highest BCUT2D eigenvalue weighted by Gasteiger charge is 2.51. The van der Waals surface area contributed by atoms with Crippen molar-refractivity contribution in [1.29, 1.82) is 0 Å². The van der Waals surface area contributed by atoms with Gasteiger partial charge >= 0.3 is 0 Å². The average Bonchev–Trinajstić information content (AvgIpc) is 2.78. The van der Waals surface area contributed by atoms with Crippen molar-refractivity contribution >= 4 is 0 Å². The molecule has 13 heavy (non-hydrogen) atoms. The Morgan fingerprint density at radius 1 is 1.54 bits per heavy atom. The van der Waals surface area contributed by atoms with Gasteiger partial charge in [-0.3, -0.25) is 0 Å². The third-order valence-corrected chi connectivity index (χ3v) is 3.95. The fourth-order valence-corrected chi connectivity index (χ4v) is 2.38. The van der Waals surface area contributed by atoms with E-state index in [0.29, 0.717) is 6.04 Å². The molecule has 2 nitrogen and oxygen atoms in total. The molecule has 2 heteroatoms. The van der Waals surface area contributed by atoms with Crippen molar-refractivity contribution in [2.45, 2.75) is 39.2 Å². The van der Waals surface area contributed by atoms with Crippen LogP contribution in [0.3, 0.4) is 0 Å². The molecule has 2 aliphatic rings. The van der Waals surface area contributed by atoms with Gasteiger partial charge in [-0.25, -0.2) is 0 Å². The third-order valence-electron chi connectivity index (χ3n) is 3.95. The molecule has 2 fully saturated rings. The molecular formula is C11H22N2. The molecule has 2 N–H and O–H groups in total. The van der Waals surface area contributed by atoms with Gasteiger partial charge in [0.2, 0.25) is 0 Å². The van der Waals surface area contributed by atoms with E-state index in [1.165, 1.54) is 38.9 Å². The van der Waals surface area contributed by atoms with Crippen molar-refractivity contribution in [3.63, 3.8) is 0 Å². The summed E-state index contributed by atoms with van der Waals surface area (Å²) < 4.78 is 0. The van der Waals surface area contributed by atoms with Crippen LogP contribution in [0.5, 0.6) is 0 Å². The zero-order valence-electron chi connectivity index (χ0n) is 8.90. The first-order valence-corrected chi connectivity index (χ1v) is 5.71. The molecule has 76 valence electrons. The van der Waals surface area contributed by atoms with E-state index in [0.717, 1.165) is 11.3 Å². The predicted molar refractivity (Wildman–Crippen MR) is 55.8 cm³/mol. The summed E-state index contributed by atoms with van der Waals surface area (Å²) in [6.07, 6.45) is 4.17. The molecule has 2 atom stereocenters. The Balaban J connectivity index is 1.75. The van der Waals surface area contributed by atoms with E-state index in [4.69, 9.17) is 0 Å². The number of hydrogen-bond acceptors (Lipinski definition) is 2. The first kappa shape index (κ1) is 9.47. The molecule has 0 aromatic carbocycles. The van der Waals surface area contributed by atoms with Crippen molar-refractivity contribution < 1.29 is 0 Å². The van der Waals surface area contributed by atoms with Crippen LogP contribution in [0.1, 0.15) is 33.1 Å². The lowest BCUT2D eigenvalue weighted by molar-refractivity contribution is 0.356. The molecule has 1 spiro atoms. The van der Waals surface area contributed by atoms with Crippen molar-refractivity contribution in [3.05, 3.63) is 0 Å². The van der Waals surface area contributed by atoms with Crippen LogP contribution in [0.2, 0.25) is 0 Å². The molecule has 1 heterocycles. The topological polar surface area (TPSA) is 24.1 Å². The van der Waals surface area contributed by atoms with Crippen LogP contribution in [0, 0.1) is 11.3 Å². The van der Waals surface area contributed by atoms with Gasteiger partial charge in [-0.05, 0) is 50.6 Å². The molecule has 1 aliphatic heterocycles. The average molecular weight is 182 g/mol. The second kappa shape index (κ2) is 3.58. The van der Waals surface area contributed by atoms with Gasteiger partial charge in [0, 0.05) is 12.6 Å². The van der Waals surface area contributed by atoms with Crippen molar-refractivity contribution in [2.24, 2.45) is 11.3 Å². The van der Waals surface area contributed by atoms with Gasteiger partial charge in [-0.1, -0.05) is 6.92 Å². The molecule has 0 aromatic heterocycles. The summed E-state index contributed by atoms with van der Waals surface area (Å²) in [4.78, 5) is 0. The van der Waals surface area contributed by atoms with E-state index >= 15 is 0 Å². The molecule has 1 aliphatic carbocycles. The molecule has 1 saturated heterocycles. The predicted octanol–water partition coefficient (Wildman–Crippen LogP) is 1.37. The fourth-order valence-electron chi connectivity index (χ4n) is 2.38. The van der Waals surface area contributed by atoms with Crippen molar-refractivity contribution in [2.75, 3.05) is 19.6 Å². The van der Waals surface area contributed by atoms with Crippen LogP contribution < -0.4 is 10.6 Å². The molecule has 0 radical (unpaired) electrons. The Bertz CT molecular complexity index is 175. The quantitative estimate of drug-likeness (QED) is 0.686. The monoisotopic (exact) mass is 182 g/mol. The van der Waals surface area contributed by atoms with Crippen molar-refractivity contribution in [1.82, 2.24) is 10.6 Å². The van der Waals surface area contributed by atoms with Crippen LogP contribution in [-0.2, 0) is 0 Å². The standard InChI is InChI=1S/C11H22N2/c1-3-9(2)13-7-10-6-12-8-11(10)4-5-11/h9-10,12-13H,3-8H2,1-2H3. The van der Waals surface area contributed by atoms with Crippen LogP contribution in [-0.4, -0.2) is 25.7 Å². The molecule has 1 saturated carbocycles. The first-order valence-electron chi connectivity index (χ1n) is 5.71. The lowest BCUT2D eigenvalue weighted by Gasteiger charge is -2.20. The van der Waals surface area contributed by atoms with E-state index in [1.54, 1.807) is 0 Å². The summed E-state index contributed by atoms with van der Waals surface area (Å²) in [7, 11) is 0. The lowest BCUT2D eigenvalue weighted by atomic mass is 9.92. The minimum atomic E-state index is 0.691. The minimum absolute atomic E-state index is 0.691. The Morgan fingerprint density at radius 3 is 2.92 bits per heavy atom. The second-order valence-electron chi connectivity index (χ2n) is 4.91. The Labute approximate surface area is 81.5 Å². The summed E-state index contributed by atoms with van der Waals surface area (Å²) in [5.74, 6) is 0.904. The largest absolute Gasteiger partial charge is 0.316 e. The Hall–Kier alpha value is -0.0800. The zero-order valence-corrected chi connectivity index (χ0v) is 8.90. The van der Waals surface area contributed by atoms with Crippen LogP contribution >= 0.6 is 0 Å². The van der Waals surface area contributed by atoms with Gasteiger partial charge in [-0.15, -0.1) is 0 Å². The highest BCUT2D eigenvalue weighted by atomic mass is 15.0. The SMILES string of the molecule is CCC(C)NCC1CNCC12CC2. The molecule has 2 unspecified atom stereocenters. The first-order chi connectivity index (χ1) is 6.27. The highest BCUT2D eigenvalue weighted by molar-refractivity contribution is 5.05. The second-order valence-corrected chi connectivity index (χ2v) is 4.91. The normalized spacial score (nSPS) is 32.3. The van der Waals surface area contributed by atoms with Gasteiger partial charge < -0.3 is 10.6 Å². The zero-order chi connectivity index (χ0) is 9.31. The van der Waals surface area contributed by atoms with E-state index in [2.05, 4.69) is 24.5 Å². The maximum atomic E-state index is 3.63. The molecule has 0 aromatic rings. The van der Waals surface area contributed by atoms with Gasteiger partial charge in [0.15, 0.2) is 0 Å². The number of rotatable bonds is 4. The summed E-state index contributed by atoms with van der Waals surface area (Å²) in [6.45, 7) is 8.27. The summed E-state index contributed by atoms with van der Waals surface area (Å²) in [6, 6.07) is 0.691. The molecule has 0 bridgehead atoms. The third kappa shape index (κ3) is 1.89. The van der Waals surface area contributed by atoms with Gasteiger partial charge in [0.25, 0.3) is 0 Å². The van der Waals surface area contributed by atoms with E-state index in [-0.39, 0.29) is 0 Å². The molecule has 0 amide bonds. The van der Waals surface area contributed by atoms with Crippen LogP contribution in [0.4, 0.5) is 0 Å².